The van der Waals surface area contributed by atoms with Crippen molar-refractivity contribution in [2.45, 2.75) is 25.8 Å². The minimum atomic E-state index is -1.11. The second-order valence-electron chi connectivity index (χ2n) is 9.06. The number of aryl methyl sites for hydroxylation is 2. The largest absolute Gasteiger partial charge is 0.465 e. The van der Waals surface area contributed by atoms with E-state index in [1.54, 1.807) is 41.1 Å². The molecule has 0 bridgehead atoms. The Labute approximate surface area is 220 Å². The summed E-state index contributed by atoms with van der Waals surface area (Å²) in [6.45, 7) is 1.90. The standard InChI is InChI=1S/C26H21ClN8O3/c1-14-8-17(30-26(37)38)3-5-19(14)21-12-28-25(31-21)23-7-4-18-9-15(10-24(36)35(18)23)20-11-16(27)2-6-22(20)34-13-29-32-33-34/h2-3,5-6,8-13,23,30H,4,7H2,1H3,(H,28,31)(H,37,38)/t23-/m0/s1. The number of H-pyrrole nitrogens is 1. The molecule has 0 radical (unpaired) electrons. The number of nitrogens with zero attached hydrogens (tertiary/aromatic N) is 6. The number of anilines is 1. The Morgan fingerprint density at radius 1 is 1.16 bits per heavy atom. The summed E-state index contributed by atoms with van der Waals surface area (Å²) in [6.07, 6.45) is 3.55. The van der Waals surface area contributed by atoms with E-state index in [1.165, 1.54) is 11.0 Å². The third-order valence-corrected chi connectivity index (χ3v) is 6.91. The molecule has 2 aromatic carbocycles. The van der Waals surface area contributed by atoms with Crippen LogP contribution in [0.2, 0.25) is 5.02 Å². The van der Waals surface area contributed by atoms with E-state index in [1.807, 2.05) is 25.1 Å². The van der Waals surface area contributed by atoms with Gasteiger partial charge in [-0.25, -0.2) is 9.78 Å². The molecule has 3 aromatic heterocycles. The summed E-state index contributed by atoms with van der Waals surface area (Å²) < 4.78 is 3.32. The molecule has 1 amide bonds. The first-order chi connectivity index (χ1) is 18.4. The summed E-state index contributed by atoms with van der Waals surface area (Å²) in [7, 11) is 0. The highest BCUT2D eigenvalue weighted by molar-refractivity contribution is 6.31. The maximum Gasteiger partial charge on any atom is 0.409 e. The maximum atomic E-state index is 13.4. The average Bonchev–Trinajstić information content (AvgIpc) is 3.64. The lowest BCUT2D eigenvalue weighted by Gasteiger charge is -2.15. The first kappa shape index (κ1) is 23.6. The number of aromatic amines is 1. The third-order valence-electron chi connectivity index (χ3n) is 6.68. The molecule has 0 saturated carbocycles. The number of halogens is 1. The molecular weight excluding hydrogens is 508 g/mol. The van der Waals surface area contributed by atoms with Crippen molar-refractivity contribution in [2.75, 3.05) is 5.32 Å². The van der Waals surface area contributed by atoms with Gasteiger partial charge in [-0.15, -0.1) is 5.10 Å². The summed E-state index contributed by atoms with van der Waals surface area (Å²) in [5.74, 6) is 0.692. The molecule has 4 heterocycles. The molecule has 1 aliphatic rings. The number of benzene rings is 2. The summed E-state index contributed by atoms with van der Waals surface area (Å²) >= 11 is 6.30. The minimum Gasteiger partial charge on any atom is -0.465 e. The van der Waals surface area contributed by atoms with Crippen molar-refractivity contribution in [1.82, 2.24) is 34.7 Å². The molecule has 1 atom stereocenters. The van der Waals surface area contributed by atoms with Crippen LogP contribution in [0, 0.1) is 6.92 Å². The van der Waals surface area contributed by atoms with Gasteiger partial charge in [0.15, 0.2) is 0 Å². The SMILES string of the molecule is Cc1cc(NC(=O)O)ccc1-c1cnc([C@@H]2CCc3cc(-c4cc(Cl)ccc4-n4cnnn4)cc(=O)n32)[nH]1. The van der Waals surface area contributed by atoms with E-state index in [4.69, 9.17) is 16.7 Å². The van der Waals surface area contributed by atoms with Crippen LogP contribution in [0.25, 0.3) is 28.1 Å². The van der Waals surface area contributed by atoms with E-state index in [-0.39, 0.29) is 11.6 Å². The van der Waals surface area contributed by atoms with Gasteiger partial charge in [0.05, 0.1) is 23.6 Å². The predicted octanol–water partition coefficient (Wildman–Crippen LogP) is 4.47. The molecule has 190 valence electrons. The lowest BCUT2D eigenvalue weighted by molar-refractivity contribution is 0.209. The van der Waals surface area contributed by atoms with Gasteiger partial charge in [0.2, 0.25) is 0 Å². The van der Waals surface area contributed by atoms with Crippen molar-refractivity contribution < 1.29 is 9.90 Å². The van der Waals surface area contributed by atoms with Gasteiger partial charge >= 0.3 is 6.09 Å². The predicted molar refractivity (Wildman–Crippen MR) is 141 cm³/mol. The molecule has 6 rings (SSSR count). The summed E-state index contributed by atoms with van der Waals surface area (Å²) in [4.78, 5) is 32.3. The highest BCUT2D eigenvalue weighted by Crippen LogP contribution is 2.35. The van der Waals surface area contributed by atoms with Gasteiger partial charge in [-0.3, -0.25) is 10.1 Å². The quantitative estimate of drug-likeness (QED) is 0.305. The van der Waals surface area contributed by atoms with E-state index >= 15 is 0 Å². The number of carboxylic acid groups (broad SMARTS) is 1. The fourth-order valence-corrected chi connectivity index (χ4v) is 5.20. The molecule has 0 saturated heterocycles. The van der Waals surface area contributed by atoms with Gasteiger partial charge < -0.3 is 14.7 Å². The summed E-state index contributed by atoms with van der Waals surface area (Å²) in [5, 5.41) is 23.3. The zero-order valence-corrected chi connectivity index (χ0v) is 20.8. The van der Waals surface area contributed by atoms with Crippen molar-refractivity contribution in [3.63, 3.8) is 0 Å². The van der Waals surface area contributed by atoms with Crippen molar-refractivity contribution in [2.24, 2.45) is 0 Å². The van der Waals surface area contributed by atoms with Crippen LogP contribution in [0.5, 0.6) is 0 Å². The Morgan fingerprint density at radius 3 is 2.79 bits per heavy atom. The zero-order valence-electron chi connectivity index (χ0n) is 20.1. The monoisotopic (exact) mass is 528 g/mol. The van der Waals surface area contributed by atoms with Gasteiger partial charge in [-0.1, -0.05) is 17.7 Å². The van der Waals surface area contributed by atoms with Crippen LogP contribution in [0.4, 0.5) is 10.5 Å². The zero-order chi connectivity index (χ0) is 26.4. The fourth-order valence-electron chi connectivity index (χ4n) is 5.03. The van der Waals surface area contributed by atoms with Gasteiger partial charge in [0.1, 0.15) is 12.2 Å². The van der Waals surface area contributed by atoms with Crippen LogP contribution in [0.15, 0.2) is 65.8 Å². The number of rotatable bonds is 5. The van der Waals surface area contributed by atoms with Crippen LogP contribution < -0.4 is 10.9 Å². The second-order valence-corrected chi connectivity index (χ2v) is 9.49. The van der Waals surface area contributed by atoms with Crippen molar-refractivity contribution in [3.05, 3.63) is 93.5 Å². The second kappa shape index (κ2) is 9.27. The lowest BCUT2D eigenvalue weighted by Crippen LogP contribution is -2.23. The molecule has 1 aliphatic heterocycles. The van der Waals surface area contributed by atoms with E-state index in [0.29, 0.717) is 28.6 Å². The van der Waals surface area contributed by atoms with Gasteiger partial charge in [0.25, 0.3) is 5.56 Å². The Hall–Kier alpha value is -4.77. The molecule has 0 unspecified atom stereocenters. The number of aromatic nitrogens is 7. The topological polar surface area (TPSA) is 144 Å². The smallest absolute Gasteiger partial charge is 0.409 e. The lowest BCUT2D eigenvalue weighted by atomic mass is 10.0. The molecule has 12 heteroatoms. The number of imidazole rings is 1. The first-order valence-electron chi connectivity index (χ1n) is 11.8. The number of hydrogen-bond acceptors (Lipinski definition) is 6. The molecule has 5 aromatic rings. The van der Waals surface area contributed by atoms with Crippen LogP contribution in [-0.2, 0) is 6.42 Å². The average molecular weight is 529 g/mol. The van der Waals surface area contributed by atoms with Crippen molar-refractivity contribution in [3.8, 4) is 28.1 Å². The number of carbonyl (C=O) groups is 1. The normalized spacial score (nSPS) is 14.4. The number of nitrogens with one attached hydrogen (secondary N) is 2. The van der Waals surface area contributed by atoms with Crippen molar-refractivity contribution >= 4 is 23.4 Å². The minimum absolute atomic E-state index is 0.138. The van der Waals surface area contributed by atoms with E-state index in [9.17, 15) is 9.59 Å². The van der Waals surface area contributed by atoms with Crippen LogP contribution in [0.1, 0.15) is 29.5 Å². The van der Waals surface area contributed by atoms with Gasteiger partial charge in [-0.05, 0) is 77.7 Å². The van der Waals surface area contributed by atoms with Gasteiger partial charge in [-0.2, -0.15) is 4.68 Å². The summed E-state index contributed by atoms with van der Waals surface area (Å²) in [6, 6.07) is 14.1. The van der Waals surface area contributed by atoms with Crippen LogP contribution in [-0.4, -0.2) is 45.9 Å². The highest BCUT2D eigenvalue weighted by Gasteiger charge is 2.28. The molecule has 0 spiro atoms. The summed E-state index contributed by atoms with van der Waals surface area (Å²) in [5.41, 5.74) is 6.05. The van der Waals surface area contributed by atoms with Crippen LogP contribution >= 0.6 is 11.6 Å². The Morgan fingerprint density at radius 2 is 2.03 bits per heavy atom. The molecule has 0 aliphatic carbocycles. The van der Waals surface area contributed by atoms with E-state index in [0.717, 1.165) is 40.1 Å². The Balaban J connectivity index is 1.34. The first-order valence-corrected chi connectivity index (χ1v) is 12.2. The number of tetrazole rings is 1. The maximum absolute atomic E-state index is 13.4. The van der Waals surface area contributed by atoms with Gasteiger partial charge in [0, 0.05) is 33.6 Å². The molecule has 0 fully saturated rings. The number of hydrogen-bond donors (Lipinski definition) is 3. The number of pyridine rings is 1. The third kappa shape index (κ3) is 4.22. The van der Waals surface area contributed by atoms with E-state index in [2.05, 4.69) is 30.8 Å². The van der Waals surface area contributed by atoms with Crippen LogP contribution in [0.3, 0.4) is 0 Å². The molecule has 3 N–H and O–H groups in total. The Kier molecular flexibility index (Phi) is 5.76. The number of fused-ring (bicyclic) bond motifs is 1. The van der Waals surface area contributed by atoms with Crippen molar-refractivity contribution in [1.29, 1.82) is 0 Å². The highest BCUT2D eigenvalue weighted by atomic mass is 35.5. The Bertz CT molecular complexity index is 1740. The molecule has 38 heavy (non-hydrogen) atoms. The number of amides is 1. The fraction of sp³-hybridized carbons (Fsp3) is 0.154. The molecule has 11 nitrogen and oxygen atoms in total. The van der Waals surface area contributed by atoms with E-state index < -0.39 is 6.09 Å². The molecular formula is C26H21ClN8O3.